The molecule has 2 atom stereocenters. The van der Waals surface area contributed by atoms with E-state index < -0.39 is 18.2 Å². The van der Waals surface area contributed by atoms with Gasteiger partial charge in [-0.3, -0.25) is 4.79 Å². The Labute approximate surface area is 92.8 Å². The third-order valence-electron chi connectivity index (χ3n) is 1.97. The second-order valence-electron chi connectivity index (χ2n) is 3.40. The van der Waals surface area contributed by atoms with Gasteiger partial charge in [0.25, 0.3) is 0 Å². The summed E-state index contributed by atoms with van der Waals surface area (Å²) >= 11 is 0. The lowest BCUT2D eigenvalue weighted by molar-refractivity contribution is -0.138. The van der Waals surface area contributed by atoms with Crippen molar-refractivity contribution >= 4 is 12.1 Å². The Morgan fingerprint density at radius 2 is 2.38 bits per heavy atom. The van der Waals surface area contributed by atoms with Crippen LogP contribution in [0.5, 0.6) is 0 Å². The molecular formula is C10H14O6. The molecule has 0 aromatic rings. The first-order chi connectivity index (χ1) is 7.49. The summed E-state index contributed by atoms with van der Waals surface area (Å²) in [7, 11) is 0. The monoisotopic (exact) mass is 230 g/mol. The topological polar surface area (TPSA) is 82.1 Å². The zero-order chi connectivity index (χ0) is 12.1. The van der Waals surface area contributed by atoms with Crippen LogP contribution >= 0.6 is 0 Å². The van der Waals surface area contributed by atoms with Gasteiger partial charge in [-0.05, 0) is 19.9 Å². The van der Waals surface area contributed by atoms with Crippen LogP contribution in [0.4, 0.5) is 4.79 Å². The summed E-state index contributed by atoms with van der Waals surface area (Å²) in [4.78, 5) is 21.0. The normalized spacial score (nSPS) is 24.0. The lowest BCUT2D eigenvalue weighted by Crippen LogP contribution is -2.12. The lowest BCUT2D eigenvalue weighted by Gasteiger charge is -2.08. The molecule has 0 amide bonds. The number of hydrogen-bond acceptors (Lipinski definition) is 5. The van der Waals surface area contributed by atoms with Crippen molar-refractivity contribution in [2.75, 3.05) is 6.61 Å². The molecule has 0 aliphatic carbocycles. The third kappa shape index (κ3) is 3.90. The predicted octanol–water partition coefficient (Wildman–Crippen LogP) is 1.31. The van der Waals surface area contributed by atoms with Gasteiger partial charge in [0.1, 0.15) is 0 Å². The number of cyclic esters (lactones) is 2. The van der Waals surface area contributed by atoms with Crippen LogP contribution in [-0.4, -0.2) is 36.0 Å². The molecule has 1 rings (SSSR count). The number of carbonyl (C=O) groups excluding carboxylic acids is 1. The van der Waals surface area contributed by atoms with E-state index in [1.165, 1.54) is 0 Å². The molecule has 6 nitrogen and oxygen atoms in total. The summed E-state index contributed by atoms with van der Waals surface area (Å²) in [6.45, 7) is 3.53. The Morgan fingerprint density at radius 3 is 2.88 bits per heavy atom. The Morgan fingerprint density at radius 1 is 1.69 bits per heavy atom. The van der Waals surface area contributed by atoms with E-state index in [4.69, 9.17) is 19.3 Å². The molecule has 0 aromatic carbocycles. The number of hydrogen-bond donors (Lipinski definition) is 1. The van der Waals surface area contributed by atoms with Crippen LogP contribution in [-0.2, 0) is 19.0 Å². The van der Waals surface area contributed by atoms with Crippen molar-refractivity contribution in [3.8, 4) is 0 Å². The first-order valence-electron chi connectivity index (χ1n) is 4.92. The van der Waals surface area contributed by atoms with Crippen LogP contribution < -0.4 is 0 Å². The van der Waals surface area contributed by atoms with E-state index in [1.54, 1.807) is 19.9 Å². The zero-order valence-corrected chi connectivity index (χ0v) is 9.13. The Balaban J connectivity index is 2.37. The highest BCUT2D eigenvalue weighted by Crippen LogP contribution is 2.19. The number of carbonyl (C=O) groups is 2. The summed E-state index contributed by atoms with van der Waals surface area (Å²) in [6, 6.07) is 0. The smallest absolute Gasteiger partial charge is 0.481 e. The van der Waals surface area contributed by atoms with Crippen molar-refractivity contribution in [1.29, 1.82) is 0 Å². The molecule has 1 saturated heterocycles. The van der Waals surface area contributed by atoms with Crippen molar-refractivity contribution in [3.63, 3.8) is 0 Å². The summed E-state index contributed by atoms with van der Waals surface area (Å²) < 4.78 is 14.7. The molecule has 16 heavy (non-hydrogen) atoms. The van der Waals surface area contributed by atoms with Crippen molar-refractivity contribution < 1.29 is 28.9 Å². The molecule has 1 aliphatic rings. The molecule has 0 saturated carbocycles. The second-order valence-corrected chi connectivity index (χ2v) is 3.40. The maximum Gasteiger partial charge on any atom is 0.514 e. The van der Waals surface area contributed by atoms with Crippen molar-refractivity contribution in [2.24, 2.45) is 0 Å². The highest BCUT2D eigenvalue weighted by atomic mass is 16.8. The van der Waals surface area contributed by atoms with Crippen LogP contribution in [0.15, 0.2) is 11.8 Å². The fraction of sp³-hybridized carbons (Fsp3) is 0.600. The van der Waals surface area contributed by atoms with E-state index in [2.05, 4.69) is 0 Å². The van der Waals surface area contributed by atoms with Gasteiger partial charge in [0.05, 0.1) is 19.1 Å². The number of aliphatic carboxylic acids is 1. The maximum absolute atomic E-state index is 10.7. The van der Waals surface area contributed by atoms with Crippen LogP contribution in [0, 0.1) is 0 Å². The number of rotatable bonds is 5. The van der Waals surface area contributed by atoms with Gasteiger partial charge >= 0.3 is 12.1 Å². The minimum atomic E-state index is -0.913. The first-order valence-corrected chi connectivity index (χ1v) is 4.92. The number of carboxylic acid groups (broad SMARTS) is 1. The zero-order valence-electron chi connectivity index (χ0n) is 9.13. The van der Waals surface area contributed by atoms with Gasteiger partial charge in [0.2, 0.25) is 0 Å². The molecular weight excluding hydrogens is 216 g/mol. The third-order valence-corrected chi connectivity index (χ3v) is 1.97. The molecule has 2 unspecified atom stereocenters. The van der Waals surface area contributed by atoms with E-state index in [-0.39, 0.29) is 19.1 Å². The van der Waals surface area contributed by atoms with Crippen molar-refractivity contribution in [2.45, 2.75) is 32.5 Å². The van der Waals surface area contributed by atoms with Gasteiger partial charge in [0.15, 0.2) is 11.9 Å². The minimum Gasteiger partial charge on any atom is -0.481 e. The Hall–Kier alpha value is -1.56. The predicted molar refractivity (Wildman–Crippen MR) is 52.8 cm³/mol. The Bertz CT molecular complexity index is 308. The van der Waals surface area contributed by atoms with Gasteiger partial charge in [-0.15, -0.1) is 0 Å². The summed E-state index contributed by atoms with van der Waals surface area (Å²) in [6.07, 6.45) is 0.0670. The van der Waals surface area contributed by atoms with Crippen molar-refractivity contribution in [1.82, 2.24) is 0 Å². The highest BCUT2D eigenvalue weighted by Gasteiger charge is 2.27. The lowest BCUT2D eigenvalue weighted by atomic mass is 10.2. The molecule has 0 radical (unpaired) electrons. The van der Waals surface area contributed by atoms with E-state index in [0.29, 0.717) is 5.76 Å². The SMILES string of the molecule is CC(/C=C1\OC(=O)OC1C)OCCC(=O)O. The number of carboxylic acids is 1. The van der Waals surface area contributed by atoms with E-state index in [0.717, 1.165) is 0 Å². The molecule has 0 spiro atoms. The average molecular weight is 230 g/mol. The second kappa shape index (κ2) is 5.50. The van der Waals surface area contributed by atoms with Gasteiger partial charge in [0, 0.05) is 0 Å². The van der Waals surface area contributed by atoms with Crippen LogP contribution in [0.1, 0.15) is 20.3 Å². The Kier molecular flexibility index (Phi) is 4.30. The summed E-state index contributed by atoms with van der Waals surface area (Å²) in [5, 5.41) is 8.40. The molecule has 1 aliphatic heterocycles. The molecule has 1 fully saturated rings. The van der Waals surface area contributed by atoms with Crippen LogP contribution in [0.25, 0.3) is 0 Å². The minimum absolute atomic E-state index is 0.0562. The molecule has 1 heterocycles. The fourth-order valence-corrected chi connectivity index (χ4v) is 1.19. The quantitative estimate of drug-likeness (QED) is 0.717. The summed E-state index contributed by atoms with van der Waals surface area (Å²) in [5.74, 6) is -0.517. The molecule has 6 heteroatoms. The fourth-order valence-electron chi connectivity index (χ4n) is 1.19. The number of ether oxygens (including phenoxy) is 3. The van der Waals surface area contributed by atoms with Crippen LogP contribution in [0.2, 0.25) is 0 Å². The van der Waals surface area contributed by atoms with Gasteiger partial charge in [-0.2, -0.15) is 0 Å². The largest absolute Gasteiger partial charge is 0.514 e. The molecule has 0 aromatic heterocycles. The molecule has 1 N–H and O–H groups in total. The first kappa shape index (κ1) is 12.5. The van der Waals surface area contributed by atoms with Gasteiger partial charge in [-0.1, -0.05) is 0 Å². The molecule has 90 valence electrons. The van der Waals surface area contributed by atoms with Gasteiger partial charge < -0.3 is 19.3 Å². The van der Waals surface area contributed by atoms with Gasteiger partial charge in [-0.25, -0.2) is 4.79 Å². The summed E-state index contributed by atoms with van der Waals surface area (Å²) in [5.41, 5.74) is 0. The maximum atomic E-state index is 10.7. The van der Waals surface area contributed by atoms with E-state index in [9.17, 15) is 9.59 Å². The standard InChI is InChI=1S/C10H14O6/c1-6(14-4-3-9(11)12)5-8-7(2)15-10(13)16-8/h5-7H,3-4H2,1-2H3,(H,11,12)/b8-5-. The molecule has 0 bridgehead atoms. The average Bonchev–Trinajstić information content (AvgIpc) is 2.44. The van der Waals surface area contributed by atoms with E-state index in [1.807, 2.05) is 0 Å². The highest BCUT2D eigenvalue weighted by molar-refractivity contribution is 5.66. The van der Waals surface area contributed by atoms with Crippen molar-refractivity contribution in [3.05, 3.63) is 11.8 Å². The van der Waals surface area contributed by atoms with E-state index >= 15 is 0 Å². The van der Waals surface area contributed by atoms with Crippen LogP contribution in [0.3, 0.4) is 0 Å².